The summed E-state index contributed by atoms with van der Waals surface area (Å²) in [5.41, 5.74) is -0.283. The number of nitrogens with one attached hydrogen (secondary N) is 1. The number of rotatable bonds is 4. The van der Waals surface area contributed by atoms with Crippen molar-refractivity contribution in [3.63, 3.8) is 0 Å². The second kappa shape index (κ2) is 5.58. The van der Waals surface area contributed by atoms with Crippen molar-refractivity contribution in [1.82, 2.24) is 20.3 Å². The van der Waals surface area contributed by atoms with Crippen molar-refractivity contribution in [2.24, 2.45) is 0 Å². The third-order valence-electron chi connectivity index (χ3n) is 1.58. The van der Waals surface area contributed by atoms with Crippen molar-refractivity contribution in [1.29, 1.82) is 0 Å². The lowest BCUT2D eigenvalue weighted by Gasteiger charge is -2.03. The molecule has 1 aromatic heterocycles. The number of hydrogen-bond acceptors (Lipinski definition) is 6. The van der Waals surface area contributed by atoms with Crippen LogP contribution in [-0.4, -0.2) is 44.7 Å². The number of nitrogens with zero attached hydrogens (tertiary/aromatic N) is 3. The van der Waals surface area contributed by atoms with Crippen LogP contribution in [-0.2, 0) is 16.1 Å². The Morgan fingerprint density at radius 3 is 2.76 bits per heavy atom. The number of carbonyl (C=O) groups is 3. The van der Waals surface area contributed by atoms with E-state index in [9.17, 15) is 14.4 Å². The number of carbonyl (C=O) groups excluding carboxylic acids is 2. The van der Waals surface area contributed by atoms with E-state index in [1.54, 1.807) is 6.92 Å². The summed E-state index contributed by atoms with van der Waals surface area (Å²) in [7, 11) is 0. The first-order valence-electron chi connectivity index (χ1n) is 4.63. The number of aromatic carboxylic acids is 1. The summed E-state index contributed by atoms with van der Waals surface area (Å²) in [4.78, 5) is 32.6. The van der Waals surface area contributed by atoms with Crippen LogP contribution >= 0.6 is 0 Å². The van der Waals surface area contributed by atoms with Crippen LogP contribution in [0.4, 0.5) is 4.79 Å². The molecule has 0 spiro atoms. The van der Waals surface area contributed by atoms with Gasteiger partial charge in [0.2, 0.25) is 0 Å². The molecule has 0 bridgehead atoms. The molecule has 1 rings (SSSR count). The second-order valence-corrected chi connectivity index (χ2v) is 2.88. The molecule has 0 fully saturated rings. The lowest BCUT2D eigenvalue weighted by atomic mass is 10.5. The Morgan fingerprint density at radius 2 is 2.24 bits per heavy atom. The molecule has 17 heavy (non-hydrogen) atoms. The number of imide groups is 1. The van der Waals surface area contributed by atoms with Gasteiger partial charge in [-0.05, 0) is 6.92 Å². The van der Waals surface area contributed by atoms with Crippen LogP contribution in [0, 0.1) is 0 Å². The van der Waals surface area contributed by atoms with E-state index in [-0.39, 0.29) is 18.8 Å². The molecule has 0 aliphatic rings. The zero-order chi connectivity index (χ0) is 12.8. The molecule has 0 unspecified atom stereocenters. The van der Waals surface area contributed by atoms with Gasteiger partial charge in [-0.3, -0.25) is 10.1 Å². The molecule has 2 N–H and O–H groups in total. The van der Waals surface area contributed by atoms with Crippen molar-refractivity contribution in [2.75, 3.05) is 6.61 Å². The van der Waals surface area contributed by atoms with E-state index in [2.05, 4.69) is 15.0 Å². The number of alkyl carbamates (subject to hydrolysis) is 1. The van der Waals surface area contributed by atoms with Gasteiger partial charge in [-0.25, -0.2) is 14.3 Å². The lowest BCUT2D eigenvalue weighted by molar-refractivity contribution is -0.121. The average Bonchev–Trinajstić information content (AvgIpc) is 2.66. The van der Waals surface area contributed by atoms with Gasteiger partial charge in [0, 0.05) is 0 Å². The predicted octanol–water partition coefficient (Wildman–Crippen LogP) is -0.751. The first kappa shape index (κ1) is 12.6. The maximum atomic E-state index is 11.2. The first-order valence-corrected chi connectivity index (χ1v) is 4.63. The van der Waals surface area contributed by atoms with Gasteiger partial charge in [0.25, 0.3) is 5.91 Å². The number of carboxylic acid groups (broad SMARTS) is 1. The molecule has 1 heterocycles. The number of hydrogen-bond donors (Lipinski definition) is 2. The average molecular weight is 242 g/mol. The molecule has 0 radical (unpaired) electrons. The van der Waals surface area contributed by atoms with Gasteiger partial charge >= 0.3 is 12.1 Å². The summed E-state index contributed by atoms with van der Waals surface area (Å²) in [5, 5.41) is 17.2. The Kier molecular flexibility index (Phi) is 4.14. The third kappa shape index (κ3) is 3.89. The SMILES string of the molecule is CCOC(=O)NC(=O)Cn1cc(C(=O)O)nn1. The maximum absolute atomic E-state index is 11.2. The van der Waals surface area contributed by atoms with Crippen LogP contribution in [0.15, 0.2) is 6.20 Å². The van der Waals surface area contributed by atoms with Crippen molar-refractivity contribution < 1.29 is 24.2 Å². The van der Waals surface area contributed by atoms with Gasteiger partial charge < -0.3 is 9.84 Å². The molecule has 0 atom stereocenters. The zero-order valence-corrected chi connectivity index (χ0v) is 8.91. The number of carboxylic acids is 1. The van der Waals surface area contributed by atoms with Gasteiger partial charge in [-0.1, -0.05) is 5.21 Å². The fourth-order valence-corrected chi connectivity index (χ4v) is 0.941. The van der Waals surface area contributed by atoms with E-state index in [1.807, 2.05) is 5.32 Å². The Bertz CT molecular complexity index is 441. The normalized spacial score (nSPS) is 9.71. The minimum Gasteiger partial charge on any atom is -0.476 e. The quantitative estimate of drug-likeness (QED) is 0.711. The molecule has 1 aromatic rings. The van der Waals surface area contributed by atoms with Gasteiger partial charge in [0.15, 0.2) is 5.69 Å². The molecule has 0 saturated heterocycles. The minimum atomic E-state index is -1.25. The summed E-state index contributed by atoms with van der Waals surface area (Å²) in [5.74, 6) is -1.92. The topological polar surface area (TPSA) is 123 Å². The molecule has 0 aliphatic heterocycles. The Morgan fingerprint density at radius 1 is 1.53 bits per heavy atom. The van der Waals surface area contributed by atoms with Crippen LogP contribution in [0.25, 0.3) is 0 Å². The van der Waals surface area contributed by atoms with Gasteiger partial charge in [-0.15, -0.1) is 5.10 Å². The van der Waals surface area contributed by atoms with Crippen LogP contribution < -0.4 is 5.32 Å². The summed E-state index contributed by atoms with van der Waals surface area (Å²) in [6.07, 6.45) is 0.212. The Balaban J connectivity index is 2.50. The predicted molar refractivity (Wildman–Crippen MR) is 52.1 cm³/mol. The van der Waals surface area contributed by atoms with E-state index < -0.39 is 18.0 Å². The molecular formula is C8H10N4O5. The van der Waals surface area contributed by atoms with Crippen molar-refractivity contribution in [3.8, 4) is 0 Å². The molecule has 9 nitrogen and oxygen atoms in total. The molecule has 0 aromatic carbocycles. The van der Waals surface area contributed by atoms with Gasteiger partial charge in [-0.2, -0.15) is 0 Å². The molecule has 9 heteroatoms. The van der Waals surface area contributed by atoms with E-state index in [1.165, 1.54) is 0 Å². The second-order valence-electron chi connectivity index (χ2n) is 2.88. The van der Waals surface area contributed by atoms with Crippen molar-refractivity contribution in [3.05, 3.63) is 11.9 Å². The highest BCUT2D eigenvalue weighted by atomic mass is 16.5. The summed E-state index contributed by atoms with van der Waals surface area (Å²) < 4.78 is 5.48. The van der Waals surface area contributed by atoms with Crippen LogP contribution in [0.1, 0.15) is 17.4 Å². The highest BCUT2D eigenvalue weighted by Gasteiger charge is 2.12. The standard InChI is InChI=1S/C8H10N4O5/c1-2-17-8(16)9-6(13)4-12-3-5(7(14)15)10-11-12/h3H,2,4H2,1H3,(H,14,15)(H,9,13,16). The van der Waals surface area contributed by atoms with Gasteiger partial charge in [0.05, 0.1) is 12.8 Å². The third-order valence-corrected chi connectivity index (χ3v) is 1.58. The minimum absolute atomic E-state index is 0.144. The highest BCUT2D eigenvalue weighted by Crippen LogP contribution is 1.92. The summed E-state index contributed by atoms with van der Waals surface area (Å²) in [6, 6.07) is 0. The maximum Gasteiger partial charge on any atom is 0.413 e. The molecule has 2 amide bonds. The van der Waals surface area contributed by atoms with Crippen LogP contribution in [0.3, 0.4) is 0 Å². The number of amides is 2. The zero-order valence-electron chi connectivity index (χ0n) is 8.91. The van der Waals surface area contributed by atoms with Crippen molar-refractivity contribution >= 4 is 18.0 Å². The van der Waals surface area contributed by atoms with E-state index in [0.29, 0.717) is 0 Å². The molecule has 0 saturated carbocycles. The van der Waals surface area contributed by atoms with Crippen LogP contribution in [0.2, 0.25) is 0 Å². The summed E-state index contributed by atoms with van der Waals surface area (Å²) in [6.45, 7) is 1.42. The number of aromatic nitrogens is 3. The fourth-order valence-electron chi connectivity index (χ4n) is 0.941. The largest absolute Gasteiger partial charge is 0.476 e. The lowest BCUT2D eigenvalue weighted by Crippen LogP contribution is -2.33. The monoisotopic (exact) mass is 242 g/mol. The van der Waals surface area contributed by atoms with Crippen LogP contribution in [0.5, 0.6) is 0 Å². The number of ether oxygens (including phenoxy) is 1. The van der Waals surface area contributed by atoms with E-state index in [0.717, 1.165) is 10.9 Å². The van der Waals surface area contributed by atoms with E-state index >= 15 is 0 Å². The molecular weight excluding hydrogens is 232 g/mol. The Labute approximate surface area is 95.4 Å². The molecule has 92 valence electrons. The highest BCUT2D eigenvalue weighted by molar-refractivity contribution is 5.91. The van der Waals surface area contributed by atoms with Crippen molar-refractivity contribution in [2.45, 2.75) is 13.5 Å². The smallest absolute Gasteiger partial charge is 0.413 e. The van der Waals surface area contributed by atoms with Gasteiger partial charge in [0.1, 0.15) is 6.54 Å². The Hall–Kier alpha value is -2.45. The summed E-state index contributed by atoms with van der Waals surface area (Å²) >= 11 is 0. The first-order chi connectivity index (χ1) is 8.02. The van der Waals surface area contributed by atoms with E-state index in [4.69, 9.17) is 5.11 Å². The fraction of sp³-hybridized carbons (Fsp3) is 0.375. The molecule has 0 aliphatic carbocycles.